The van der Waals surface area contributed by atoms with Crippen molar-refractivity contribution in [2.45, 2.75) is 0 Å². The number of pyridine rings is 1. The van der Waals surface area contributed by atoms with Gasteiger partial charge < -0.3 is 5.73 Å². The number of aromatic nitrogens is 1. The standard InChI is InChI=1S/C7H11N3O2S.2ClH/c8-4-6-13(11,12)10-7-3-1-2-5-9-7;;/h1-3,5H,4,6,8H2,(H,9,10);2*1H. The second-order valence-electron chi connectivity index (χ2n) is 2.42. The first-order chi connectivity index (χ1) is 6.14. The number of rotatable bonds is 4. The molecule has 1 aromatic heterocycles. The molecule has 0 saturated heterocycles. The molecular formula is C7H13Cl2N3O2S. The predicted octanol–water partition coefficient (Wildman–Crippen LogP) is 0.626. The zero-order chi connectivity index (χ0) is 9.73. The van der Waals surface area contributed by atoms with Crippen molar-refractivity contribution in [2.24, 2.45) is 5.73 Å². The highest BCUT2D eigenvalue weighted by molar-refractivity contribution is 7.92. The fourth-order valence-corrected chi connectivity index (χ4v) is 1.64. The van der Waals surface area contributed by atoms with E-state index in [2.05, 4.69) is 9.71 Å². The van der Waals surface area contributed by atoms with Crippen LogP contribution in [0.25, 0.3) is 0 Å². The molecule has 15 heavy (non-hydrogen) atoms. The van der Waals surface area contributed by atoms with E-state index in [9.17, 15) is 8.42 Å². The first-order valence-corrected chi connectivity index (χ1v) is 5.41. The maximum Gasteiger partial charge on any atom is 0.235 e. The predicted molar refractivity (Wildman–Crippen MR) is 65.2 cm³/mol. The van der Waals surface area contributed by atoms with Gasteiger partial charge in [0.15, 0.2) is 0 Å². The van der Waals surface area contributed by atoms with Gasteiger partial charge in [0, 0.05) is 12.7 Å². The van der Waals surface area contributed by atoms with Crippen molar-refractivity contribution < 1.29 is 8.42 Å². The zero-order valence-electron chi connectivity index (χ0n) is 7.79. The summed E-state index contributed by atoms with van der Waals surface area (Å²) in [7, 11) is -3.32. The lowest BCUT2D eigenvalue weighted by atomic mass is 10.5. The number of nitrogens with zero attached hydrogens (tertiary/aromatic N) is 1. The summed E-state index contributed by atoms with van der Waals surface area (Å²) >= 11 is 0. The van der Waals surface area contributed by atoms with E-state index in [1.54, 1.807) is 18.2 Å². The monoisotopic (exact) mass is 273 g/mol. The van der Waals surface area contributed by atoms with E-state index in [0.29, 0.717) is 5.82 Å². The van der Waals surface area contributed by atoms with Crippen LogP contribution in [-0.2, 0) is 10.0 Å². The minimum absolute atomic E-state index is 0. The summed E-state index contributed by atoms with van der Waals surface area (Å²) in [5.74, 6) is 0.222. The van der Waals surface area contributed by atoms with Crippen molar-refractivity contribution in [2.75, 3.05) is 17.0 Å². The average Bonchev–Trinajstić information content (AvgIpc) is 2.04. The Morgan fingerprint density at radius 1 is 1.33 bits per heavy atom. The van der Waals surface area contributed by atoms with Gasteiger partial charge in [0.2, 0.25) is 10.0 Å². The summed E-state index contributed by atoms with van der Waals surface area (Å²) in [4.78, 5) is 3.82. The van der Waals surface area contributed by atoms with Crippen LogP contribution in [0.15, 0.2) is 24.4 Å². The van der Waals surface area contributed by atoms with Gasteiger partial charge in [-0.1, -0.05) is 6.07 Å². The van der Waals surface area contributed by atoms with Crippen molar-refractivity contribution in [3.8, 4) is 0 Å². The molecule has 1 rings (SSSR count). The second-order valence-corrected chi connectivity index (χ2v) is 4.27. The molecule has 8 heteroatoms. The fourth-order valence-electron chi connectivity index (χ4n) is 0.789. The number of halogens is 2. The van der Waals surface area contributed by atoms with Gasteiger partial charge in [0.25, 0.3) is 0 Å². The third kappa shape index (κ3) is 6.51. The number of anilines is 1. The quantitative estimate of drug-likeness (QED) is 0.843. The van der Waals surface area contributed by atoms with E-state index in [1.807, 2.05) is 0 Å². The molecule has 0 spiro atoms. The van der Waals surface area contributed by atoms with Gasteiger partial charge >= 0.3 is 0 Å². The first-order valence-electron chi connectivity index (χ1n) is 3.75. The molecule has 1 heterocycles. The van der Waals surface area contributed by atoms with Crippen LogP contribution in [0, 0.1) is 0 Å². The van der Waals surface area contributed by atoms with Crippen LogP contribution in [-0.4, -0.2) is 25.7 Å². The number of hydrogen-bond acceptors (Lipinski definition) is 4. The highest BCUT2D eigenvalue weighted by Crippen LogP contribution is 2.02. The third-order valence-electron chi connectivity index (χ3n) is 1.31. The molecule has 0 saturated carbocycles. The number of nitrogens with one attached hydrogen (secondary N) is 1. The van der Waals surface area contributed by atoms with Crippen LogP contribution in [0.4, 0.5) is 5.82 Å². The van der Waals surface area contributed by atoms with Crippen molar-refractivity contribution in [1.29, 1.82) is 0 Å². The third-order valence-corrected chi connectivity index (χ3v) is 2.60. The Bertz CT molecular complexity index is 358. The molecule has 0 aliphatic heterocycles. The van der Waals surface area contributed by atoms with E-state index in [-0.39, 0.29) is 37.1 Å². The lowest BCUT2D eigenvalue weighted by Crippen LogP contribution is -2.22. The Balaban J connectivity index is 0. The Morgan fingerprint density at radius 3 is 2.47 bits per heavy atom. The normalized spacial score (nSPS) is 9.67. The second kappa shape index (κ2) is 7.70. The molecule has 0 fully saturated rings. The number of sulfonamides is 1. The van der Waals surface area contributed by atoms with Gasteiger partial charge in [-0.3, -0.25) is 4.72 Å². The Morgan fingerprint density at radius 2 is 2.00 bits per heavy atom. The molecule has 0 aliphatic carbocycles. The summed E-state index contributed by atoms with van der Waals surface area (Å²) in [6, 6.07) is 4.99. The van der Waals surface area contributed by atoms with Crippen molar-refractivity contribution >= 4 is 40.7 Å². The molecule has 0 amide bonds. The van der Waals surface area contributed by atoms with E-state index >= 15 is 0 Å². The van der Waals surface area contributed by atoms with Crippen molar-refractivity contribution in [1.82, 2.24) is 4.98 Å². The van der Waals surface area contributed by atoms with Gasteiger partial charge in [-0.15, -0.1) is 24.8 Å². The van der Waals surface area contributed by atoms with Gasteiger partial charge in [0.1, 0.15) is 5.82 Å². The van der Waals surface area contributed by atoms with Gasteiger partial charge in [-0.25, -0.2) is 13.4 Å². The van der Waals surface area contributed by atoms with Crippen molar-refractivity contribution in [3.63, 3.8) is 0 Å². The summed E-state index contributed by atoms with van der Waals surface area (Å²) in [5.41, 5.74) is 5.13. The molecule has 0 aromatic carbocycles. The zero-order valence-corrected chi connectivity index (χ0v) is 10.2. The van der Waals surface area contributed by atoms with Gasteiger partial charge in [-0.2, -0.15) is 0 Å². The van der Waals surface area contributed by atoms with Crippen LogP contribution in [0.5, 0.6) is 0 Å². The number of hydrogen-bond donors (Lipinski definition) is 2. The topological polar surface area (TPSA) is 85.1 Å². The summed E-state index contributed by atoms with van der Waals surface area (Å²) in [6.45, 7) is 0.0994. The SMILES string of the molecule is Cl.Cl.NCCS(=O)(=O)Nc1ccccn1. The maximum atomic E-state index is 11.2. The molecule has 3 N–H and O–H groups in total. The molecule has 1 aromatic rings. The Labute approximate surface area is 101 Å². The minimum atomic E-state index is -3.32. The van der Waals surface area contributed by atoms with Crippen LogP contribution < -0.4 is 10.5 Å². The summed E-state index contributed by atoms with van der Waals surface area (Å²) in [5, 5.41) is 0. The van der Waals surface area contributed by atoms with Crippen LogP contribution in [0.3, 0.4) is 0 Å². The van der Waals surface area contributed by atoms with E-state index in [0.717, 1.165) is 0 Å². The highest BCUT2D eigenvalue weighted by Gasteiger charge is 2.08. The first kappa shape index (κ1) is 16.9. The van der Waals surface area contributed by atoms with Crippen LogP contribution in [0.2, 0.25) is 0 Å². The lowest BCUT2D eigenvalue weighted by Gasteiger charge is -2.04. The van der Waals surface area contributed by atoms with Crippen LogP contribution in [0.1, 0.15) is 0 Å². The molecule has 0 aliphatic rings. The summed E-state index contributed by atoms with van der Waals surface area (Å²) in [6.07, 6.45) is 1.51. The summed E-state index contributed by atoms with van der Waals surface area (Å²) < 4.78 is 24.6. The molecule has 0 radical (unpaired) electrons. The Kier molecular flexibility index (Phi) is 8.65. The molecule has 88 valence electrons. The molecular weight excluding hydrogens is 261 g/mol. The largest absolute Gasteiger partial charge is 0.329 e. The van der Waals surface area contributed by atoms with E-state index < -0.39 is 10.0 Å². The van der Waals surface area contributed by atoms with Gasteiger partial charge in [0.05, 0.1) is 5.75 Å². The van der Waals surface area contributed by atoms with E-state index in [1.165, 1.54) is 6.20 Å². The fraction of sp³-hybridized carbons (Fsp3) is 0.286. The highest BCUT2D eigenvalue weighted by atomic mass is 35.5. The van der Waals surface area contributed by atoms with Crippen LogP contribution >= 0.6 is 24.8 Å². The smallest absolute Gasteiger partial charge is 0.235 e. The van der Waals surface area contributed by atoms with Gasteiger partial charge in [-0.05, 0) is 12.1 Å². The van der Waals surface area contributed by atoms with Crippen molar-refractivity contribution in [3.05, 3.63) is 24.4 Å². The Hall–Kier alpha value is -0.560. The number of nitrogens with two attached hydrogens (primary N) is 1. The average molecular weight is 274 g/mol. The lowest BCUT2D eigenvalue weighted by molar-refractivity contribution is 0.601. The molecule has 5 nitrogen and oxygen atoms in total. The minimum Gasteiger partial charge on any atom is -0.329 e. The molecule has 0 bridgehead atoms. The van der Waals surface area contributed by atoms with E-state index in [4.69, 9.17) is 5.73 Å². The molecule has 0 atom stereocenters. The molecule has 0 unspecified atom stereocenters. The maximum absolute atomic E-state index is 11.2.